The summed E-state index contributed by atoms with van der Waals surface area (Å²) in [5.74, 6) is 1.88. The molecule has 0 radical (unpaired) electrons. The minimum absolute atomic E-state index is 0.0283. The molecule has 7 nitrogen and oxygen atoms in total. The zero-order valence-electron chi connectivity index (χ0n) is 16.0. The number of nitriles is 1. The molecule has 27 heavy (non-hydrogen) atoms. The Bertz CT molecular complexity index is 875. The second-order valence-electron chi connectivity index (χ2n) is 6.89. The van der Waals surface area contributed by atoms with Gasteiger partial charge in [0.1, 0.15) is 11.9 Å². The van der Waals surface area contributed by atoms with Crippen LogP contribution in [0.3, 0.4) is 0 Å². The Hall–Kier alpha value is -2.82. The Labute approximate surface area is 159 Å². The minimum Gasteiger partial charge on any atom is -0.493 e. The monoisotopic (exact) mass is 367 g/mol. The summed E-state index contributed by atoms with van der Waals surface area (Å²) >= 11 is 0. The van der Waals surface area contributed by atoms with Crippen LogP contribution in [0.25, 0.3) is 0 Å². The highest BCUT2D eigenvalue weighted by atomic mass is 16.5. The molecule has 1 aromatic heterocycles. The number of benzene rings is 1. The van der Waals surface area contributed by atoms with Crippen LogP contribution in [0.2, 0.25) is 0 Å². The second kappa shape index (κ2) is 7.82. The van der Waals surface area contributed by atoms with E-state index in [1.165, 1.54) is 0 Å². The lowest BCUT2D eigenvalue weighted by Gasteiger charge is -2.22. The zero-order valence-corrected chi connectivity index (χ0v) is 16.0. The average molecular weight is 367 g/mol. The van der Waals surface area contributed by atoms with Crippen molar-refractivity contribution in [1.82, 2.24) is 15.8 Å². The number of hydrogen-bond acceptors (Lipinski definition) is 7. The van der Waals surface area contributed by atoms with Gasteiger partial charge < -0.3 is 15.2 Å². The number of pyridine rings is 1. The molecule has 1 aromatic carbocycles. The van der Waals surface area contributed by atoms with Crippen LogP contribution >= 0.6 is 0 Å². The first-order chi connectivity index (χ1) is 13.0. The van der Waals surface area contributed by atoms with Crippen LogP contribution in [0.15, 0.2) is 24.3 Å². The molecule has 0 saturated carbocycles. The van der Waals surface area contributed by atoms with E-state index in [4.69, 9.17) is 15.2 Å². The summed E-state index contributed by atoms with van der Waals surface area (Å²) in [6, 6.07) is 10.0. The summed E-state index contributed by atoms with van der Waals surface area (Å²) in [5.41, 5.74) is 15.9. The maximum Gasteiger partial charge on any atom is 0.161 e. The molecule has 1 saturated heterocycles. The Morgan fingerprint density at radius 2 is 1.96 bits per heavy atom. The predicted octanol–water partition coefficient (Wildman–Crippen LogP) is 2.61. The van der Waals surface area contributed by atoms with E-state index in [0.717, 1.165) is 16.8 Å². The van der Waals surface area contributed by atoms with Gasteiger partial charge in [0.25, 0.3) is 0 Å². The molecule has 1 aliphatic rings. The Morgan fingerprint density at radius 3 is 2.59 bits per heavy atom. The Morgan fingerprint density at radius 1 is 1.22 bits per heavy atom. The maximum atomic E-state index is 9.65. The summed E-state index contributed by atoms with van der Waals surface area (Å²) in [6.45, 7) is 4.80. The maximum absolute atomic E-state index is 9.65. The number of methoxy groups -OCH3 is 2. The van der Waals surface area contributed by atoms with Crippen LogP contribution < -0.4 is 26.1 Å². The van der Waals surface area contributed by atoms with Crippen LogP contribution in [0.5, 0.6) is 11.5 Å². The zero-order chi connectivity index (χ0) is 19.6. The van der Waals surface area contributed by atoms with Crippen molar-refractivity contribution in [3.63, 3.8) is 0 Å². The lowest BCUT2D eigenvalue weighted by atomic mass is 9.85. The third kappa shape index (κ3) is 3.54. The minimum atomic E-state index is -0.0429. The predicted molar refractivity (Wildman–Crippen MR) is 104 cm³/mol. The number of anilines is 1. The highest BCUT2D eigenvalue weighted by molar-refractivity contribution is 5.56. The third-order valence-electron chi connectivity index (χ3n) is 4.95. The van der Waals surface area contributed by atoms with Gasteiger partial charge in [-0.25, -0.2) is 10.4 Å². The molecule has 1 aliphatic heterocycles. The van der Waals surface area contributed by atoms with Gasteiger partial charge in [-0.1, -0.05) is 19.9 Å². The molecule has 3 rings (SSSR count). The van der Waals surface area contributed by atoms with Gasteiger partial charge in [0.15, 0.2) is 11.5 Å². The average Bonchev–Trinajstić information content (AvgIpc) is 3.16. The van der Waals surface area contributed by atoms with Crippen molar-refractivity contribution in [3.8, 4) is 17.6 Å². The number of nitrogens with one attached hydrogen (secondary N) is 2. The molecule has 2 unspecified atom stereocenters. The molecule has 2 atom stereocenters. The van der Waals surface area contributed by atoms with E-state index in [0.29, 0.717) is 23.6 Å². The first-order valence-electron chi connectivity index (χ1n) is 8.90. The van der Waals surface area contributed by atoms with Gasteiger partial charge in [-0.3, -0.25) is 5.43 Å². The van der Waals surface area contributed by atoms with Gasteiger partial charge >= 0.3 is 0 Å². The number of ether oxygens (including phenoxy) is 2. The molecule has 4 N–H and O–H groups in total. The first kappa shape index (κ1) is 19.0. The van der Waals surface area contributed by atoms with Gasteiger partial charge in [0, 0.05) is 18.2 Å². The number of nitrogens with zero attached hydrogens (tertiary/aromatic N) is 2. The summed E-state index contributed by atoms with van der Waals surface area (Å²) in [7, 11) is 3.23. The molecule has 142 valence electrons. The lowest BCUT2D eigenvalue weighted by Crippen LogP contribution is -2.25. The number of hydrazine groups is 1. The molecular weight excluding hydrogens is 342 g/mol. The standard InChI is InChI=1S/C20H25N5O2/c1-11(2)16-8-13(14(9-21)20(22)24-16)15-10-23-25-19(15)12-5-6-17(26-3)18(7-12)27-4/h5-8,11,15,19,23,25H,10H2,1-4H3,(H2,22,24). The van der Waals surface area contributed by atoms with E-state index < -0.39 is 0 Å². The number of aromatic nitrogens is 1. The van der Waals surface area contributed by atoms with Crippen molar-refractivity contribution in [3.05, 3.63) is 46.6 Å². The van der Waals surface area contributed by atoms with Crippen LogP contribution in [-0.2, 0) is 0 Å². The Balaban J connectivity index is 2.06. The summed E-state index contributed by atoms with van der Waals surface area (Å²) in [4.78, 5) is 4.40. The number of nitrogen functional groups attached to an aromatic ring is 1. The molecule has 7 heteroatoms. The molecule has 0 amide bonds. The highest BCUT2D eigenvalue weighted by Gasteiger charge is 2.33. The third-order valence-corrected chi connectivity index (χ3v) is 4.95. The topological polar surface area (TPSA) is 105 Å². The quantitative estimate of drug-likeness (QED) is 0.746. The van der Waals surface area contributed by atoms with Gasteiger partial charge in [-0.2, -0.15) is 5.26 Å². The van der Waals surface area contributed by atoms with Crippen molar-refractivity contribution in [1.29, 1.82) is 5.26 Å². The molecule has 2 aromatic rings. The largest absolute Gasteiger partial charge is 0.493 e. The van der Waals surface area contributed by atoms with Crippen molar-refractivity contribution < 1.29 is 9.47 Å². The SMILES string of the molecule is COc1ccc(C2NNCC2c2cc(C(C)C)nc(N)c2C#N)cc1OC. The van der Waals surface area contributed by atoms with Gasteiger partial charge in [0.2, 0.25) is 0 Å². The molecule has 0 aliphatic carbocycles. The van der Waals surface area contributed by atoms with E-state index in [1.54, 1.807) is 14.2 Å². The van der Waals surface area contributed by atoms with E-state index in [-0.39, 0.29) is 23.7 Å². The van der Waals surface area contributed by atoms with Crippen molar-refractivity contribution in [2.75, 3.05) is 26.5 Å². The fourth-order valence-corrected chi connectivity index (χ4v) is 3.47. The van der Waals surface area contributed by atoms with Gasteiger partial charge in [0.05, 0.1) is 25.8 Å². The number of rotatable bonds is 5. The fourth-order valence-electron chi connectivity index (χ4n) is 3.47. The highest BCUT2D eigenvalue weighted by Crippen LogP contribution is 2.39. The first-order valence-corrected chi connectivity index (χ1v) is 8.90. The van der Waals surface area contributed by atoms with Crippen LogP contribution in [0.1, 0.15) is 54.1 Å². The smallest absolute Gasteiger partial charge is 0.161 e. The second-order valence-corrected chi connectivity index (χ2v) is 6.89. The van der Waals surface area contributed by atoms with E-state index >= 15 is 0 Å². The van der Waals surface area contributed by atoms with Crippen molar-refractivity contribution >= 4 is 5.82 Å². The summed E-state index contributed by atoms with van der Waals surface area (Å²) in [5, 5.41) is 9.65. The van der Waals surface area contributed by atoms with Crippen LogP contribution in [-0.4, -0.2) is 25.7 Å². The lowest BCUT2D eigenvalue weighted by molar-refractivity contribution is 0.354. The molecule has 0 spiro atoms. The molecular formula is C20H25N5O2. The normalized spacial score (nSPS) is 19.1. The number of hydrogen-bond donors (Lipinski definition) is 3. The molecule has 0 bridgehead atoms. The van der Waals surface area contributed by atoms with E-state index in [2.05, 4.69) is 35.8 Å². The number of nitrogens with two attached hydrogens (primary N) is 1. The van der Waals surface area contributed by atoms with Crippen LogP contribution in [0, 0.1) is 11.3 Å². The van der Waals surface area contributed by atoms with E-state index in [1.807, 2.05) is 24.3 Å². The summed E-state index contributed by atoms with van der Waals surface area (Å²) < 4.78 is 10.8. The molecule has 2 heterocycles. The fraction of sp³-hybridized carbons (Fsp3) is 0.400. The van der Waals surface area contributed by atoms with E-state index in [9.17, 15) is 5.26 Å². The van der Waals surface area contributed by atoms with Gasteiger partial charge in [-0.15, -0.1) is 0 Å². The Kier molecular flexibility index (Phi) is 5.49. The molecule has 1 fully saturated rings. The summed E-state index contributed by atoms with van der Waals surface area (Å²) in [6.07, 6.45) is 0. The van der Waals surface area contributed by atoms with Crippen LogP contribution in [0.4, 0.5) is 5.82 Å². The van der Waals surface area contributed by atoms with Crippen molar-refractivity contribution in [2.24, 2.45) is 0 Å². The van der Waals surface area contributed by atoms with Crippen molar-refractivity contribution in [2.45, 2.75) is 31.7 Å². The van der Waals surface area contributed by atoms with Gasteiger partial charge in [-0.05, 0) is 35.2 Å².